The summed E-state index contributed by atoms with van der Waals surface area (Å²) in [6.07, 6.45) is 0. The number of hydrogen-bond acceptors (Lipinski definition) is 6. The number of fused-ring (bicyclic) bond motifs is 1. The topological polar surface area (TPSA) is 103 Å². The van der Waals surface area contributed by atoms with Gasteiger partial charge in [-0.3, -0.25) is 19.0 Å². The van der Waals surface area contributed by atoms with E-state index in [1.54, 1.807) is 0 Å². The van der Waals surface area contributed by atoms with E-state index in [1.807, 2.05) is 0 Å². The Kier molecular flexibility index (Phi) is 4.83. The van der Waals surface area contributed by atoms with Crippen LogP contribution in [0.4, 0.5) is 0 Å². The molecular formula is C21H17NO6. The van der Waals surface area contributed by atoms with Crippen LogP contribution in [0.25, 0.3) is 10.9 Å². The van der Waals surface area contributed by atoms with Crippen molar-refractivity contribution in [3.8, 4) is 5.88 Å². The first-order chi connectivity index (χ1) is 13.3. The quantitative estimate of drug-likeness (QED) is 0.551. The number of benzene rings is 2. The third kappa shape index (κ3) is 3.07. The van der Waals surface area contributed by atoms with Gasteiger partial charge in [0.2, 0.25) is 11.8 Å². The number of aromatic hydroxyl groups is 1. The van der Waals surface area contributed by atoms with Crippen molar-refractivity contribution in [2.45, 2.75) is 13.8 Å². The third-order valence-corrected chi connectivity index (χ3v) is 4.46. The van der Waals surface area contributed by atoms with E-state index in [0.717, 1.165) is 4.57 Å². The minimum Gasteiger partial charge on any atom is -0.494 e. The van der Waals surface area contributed by atoms with Gasteiger partial charge < -0.3 is 9.84 Å². The Morgan fingerprint density at radius 1 is 0.893 bits per heavy atom. The van der Waals surface area contributed by atoms with Crippen LogP contribution in [-0.2, 0) is 4.74 Å². The van der Waals surface area contributed by atoms with E-state index in [1.165, 1.54) is 63.4 Å². The molecule has 0 aliphatic carbocycles. The highest BCUT2D eigenvalue weighted by atomic mass is 16.5. The Balaban J connectivity index is 2.20. The minimum absolute atomic E-state index is 0.0841. The van der Waals surface area contributed by atoms with Gasteiger partial charge in [0.05, 0.1) is 23.8 Å². The fraction of sp³-hybridized carbons (Fsp3) is 0.143. The molecule has 7 heteroatoms. The highest BCUT2D eigenvalue weighted by molar-refractivity contribution is 6.20. The van der Waals surface area contributed by atoms with Crippen LogP contribution >= 0.6 is 0 Å². The molecule has 0 fully saturated rings. The van der Waals surface area contributed by atoms with E-state index >= 15 is 0 Å². The highest BCUT2D eigenvalue weighted by Crippen LogP contribution is 2.34. The molecule has 0 spiro atoms. The summed E-state index contributed by atoms with van der Waals surface area (Å²) in [6.45, 7) is 2.65. The largest absolute Gasteiger partial charge is 0.494 e. The molecular weight excluding hydrogens is 362 g/mol. The van der Waals surface area contributed by atoms with Gasteiger partial charge in [-0.15, -0.1) is 0 Å². The van der Waals surface area contributed by atoms with Crippen molar-refractivity contribution in [3.05, 3.63) is 64.7 Å². The van der Waals surface area contributed by atoms with Gasteiger partial charge in [0, 0.05) is 23.4 Å². The number of rotatable bonds is 4. The van der Waals surface area contributed by atoms with Crippen LogP contribution in [0.3, 0.4) is 0 Å². The van der Waals surface area contributed by atoms with E-state index in [0.29, 0.717) is 16.5 Å². The number of carbonyl (C=O) groups excluding carboxylic acids is 4. The molecule has 0 atom stereocenters. The molecule has 3 aromatic rings. The zero-order valence-corrected chi connectivity index (χ0v) is 15.5. The Morgan fingerprint density at radius 3 is 2.00 bits per heavy atom. The van der Waals surface area contributed by atoms with Gasteiger partial charge in [-0.05, 0) is 37.3 Å². The second kappa shape index (κ2) is 7.11. The van der Waals surface area contributed by atoms with Crippen molar-refractivity contribution in [2.75, 3.05) is 7.11 Å². The average Bonchev–Trinajstić information content (AvgIpc) is 2.97. The molecule has 0 amide bonds. The second-order valence-corrected chi connectivity index (χ2v) is 6.24. The predicted octanol–water partition coefficient (Wildman–Crippen LogP) is 3.23. The number of ketones is 2. The highest BCUT2D eigenvalue weighted by Gasteiger charge is 2.26. The van der Waals surface area contributed by atoms with Gasteiger partial charge in [-0.1, -0.05) is 12.1 Å². The molecule has 0 saturated heterocycles. The third-order valence-electron chi connectivity index (χ3n) is 4.46. The maximum absolute atomic E-state index is 13.1. The molecule has 142 valence electrons. The molecule has 0 aliphatic heterocycles. The predicted molar refractivity (Wildman–Crippen MR) is 101 cm³/mol. The number of carbonyl (C=O) groups is 4. The maximum atomic E-state index is 13.1. The molecule has 1 aromatic heterocycles. The molecule has 1 N–H and O–H groups in total. The molecule has 1 heterocycles. The maximum Gasteiger partial charge on any atom is 0.337 e. The minimum atomic E-state index is -0.542. The zero-order valence-electron chi connectivity index (χ0n) is 15.5. The van der Waals surface area contributed by atoms with Crippen LogP contribution < -0.4 is 0 Å². The fourth-order valence-electron chi connectivity index (χ4n) is 3.06. The van der Waals surface area contributed by atoms with E-state index in [-0.39, 0.29) is 22.5 Å². The number of Topliss-reactive ketones (excluding diaryl/α,β-unsaturated/α-hetero) is 1. The number of aromatic nitrogens is 1. The fourth-order valence-corrected chi connectivity index (χ4v) is 3.06. The normalized spacial score (nSPS) is 10.7. The van der Waals surface area contributed by atoms with E-state index in [4.69, 9.17) is 0 Å². The van der Waals surface area contributed by atoms with Crippen molar-refractivity contribution in [1.82, 2.24) is 4.57 Å². The molecule has 0 radical (unpaired) electrons. The summed E-state index contributed by atoms with van der Waals surface area (Å²) >= 11 is 0. The summed E-state index contributed by atoms with van der Waals surface area (Å²) in [5.74, 6) is -2.26. The lowest BCUT2D eigenvalue weighted by Crippen LogP contribution is -2.06. The Bertz CT molecular complexity index is 1140. The molecule has 0 aliphatic rings. The summed E-state index contributed by atoms with van der Waals surface area (Å²) < 4.78 is 5.65. The summed E-state index contributed by atoms with van der Waals surface area (Å²) in [7, 11) is 1.25. The van der Waals surface area contributed by atoms with Crippen LogP contribution in [0.1, 0.15) is 55.3 Å². The standard InChI is InChI=1S/C21H17NO6/c1-11(23)15-8-9-17-16(10-15)18(20(26)22(17)12(2)24)19(25)13-4-6-14(7-5-13)21(27)28-3/h4-10,26H,1-3H3. The summed E-state index contributed by atoms with van der Waals surface area (Å²) in [5.41, 5.74) is 1.07. The van der Waals surface area contributed by atoms with Gasteiger partial charge in [-0.2, -0.15) is 0 Å². The second-order valence-electron chi connectivity index (χ2n) is 6.24. The number of hydrogen-bond donors (Lipinski definition) is 1. The molecule has 0 saturated carbocycles. The Labute approximate surface area is 160 Å². The van der Waals surface area contributed by atoms with Crippen molar-refractivity contribution in [2.24, 2.45) is 0 Å². The average molecular weight is 379 g/mol. The first kappa shape index (κ1) is 19.0. The Morgan fingerprint density at radius 2 is 1.46 bits per heavy atom. The van der Waals surface area contributed by atoms with Crippen molar-refractivity contribution in [1.29, 1.82) is 0 Å². The van der Waals surface area contributed by atoms with E-state index < -0.39 is 23.5 Å². The summed E-state index contributed by atoms with van der Waals surface area (Å²) in [6, 6.07) is 10.3. The van der Waals surface area contributed by atoms with Crippen LogP contribution in [0.5, 0.6) is 5.88 Å². The molecule has 0 bridgehead atoms. The van der Waals surface area contributed by atoms with Crippen molar-refractivity contribution < 1.29 is 29.0 Å². The Hall–Kier alpha value is -3.74. The lowest BCUT2D eigenvalue weighted by atomic mass is 9.99. The first-order valence-corrected chi connectivity index (χ1v) is 8.38. The van der Waals surface area contributed by atoms with Gasteiger partial charge in [0.25, 0.3) is 0 Å². The molecule has 3 rings (SSSR count). The van der Waals surface area contributed by atoms with Crippen LogP contribution in [-0.4, -0.2) is 40.2 Å². The molecule has 28 heavy (non-hydrogen) atoms. The number of nitrogens with zero attached hydrogens (tertiary/aromatic N) is 1. The molecule has 7 nitrogen and oxygen atoms in total. The summed E-state index contributed by atoms with van der Waals surface area (Å²) in [5, 5.41) is 10.9. The van der Waals surface area contributed by atoms with E-state index in [2.05, 4.69) is 4.74 Å². The number of esters is 1. The van der Waals surface area contributed by atoms with Gasteiger partial charge in [-0.25, -0.2) is 4.79 Å². The van der Waals surface area contributed by atoms with Crippen LogP contribution in [0.15, 0.2) is 42.5 Å². The number of methoxy groups -OCH3 is 1. The van der Waals surface area contributed by atoms with E-state index in [9.17, 15) is 24.3 Å². The zero-order chi connectivity index (χ0) is 20.6. The SMILES string of the molecule is COC(=O)c1ccc(C(=O)c2c(O)n(C(C)=O)c3ccc(C(C)=O)cc23)cc1. The molecule has 0 unspecified atom stereocenters. The van der Waals surface area contributed by atoms with Crippen molar-refractivity contribution in [3.63, 3.8) is 0 Å². The lowest BCUT2D eigenvalue weighted by Gasteiger charge is -2.04. The van der Waals surface area contributed by atoms with Crippen molar-refractivity contribution >= 4 is 34.3 Å². The smallest absolute Gasteiger partial charge is 0.337 e. The summed E-state index contributed by atoms with van der Waals surface area (Å²) in [4.78, 5) is 48.3. The first-order valence-electron chi connectivity index (χ1n) is 8.38. The van der Waals surface area contributed by atoms with Crippen LogP contribution in [0, 0.1) is 0 Å². The van der Waals surface area contributed by atoms with Crippen LogP contribution in [0.2, 0.25) is 0 Å². The lowest BCUT2D eigenvalue weighted by molar-refractivity contribution is 0.0600. The van der Waals surface area contributed by atoms with Gasteiger partial charge in [0.15, 0.2) is 11.6 Å². The van der Waals surface area contributed by atoms with Gasteiger partial charge >= 0.3 is 5.97 Å². The van der Waals surface area contributed by atoms with Gasteiger partial charge in [0.1, 0.15) is 0 Å². The molecule has 2 aromatic carbocycles. The number of ether oxygens (including phenoxy) is 1. The monoisotopic (exact) mass is 379 g/mol.